The van der Waals surface area contributed by atoms with E-state index >= 15 is 0 Å². The lowest BCUT2D eigenvalue weighted by atomic mass is 10.1. The van der Waals surface area contributed by atoms with E-state index in [2.05, 4.69) is 5.32 Å². The summed E-state index contributed by atoms with van der Waals surface area (Å²) in [4.78, 5) is 13.2. The van der Waals surface area contributed by atoms with E-state index in [0.717, 1.165) is 4.90 Å². The molecule has 1 saturated heterocycles. The van der Waals surface area contributed by atoms with Gasteiger partial charge in [0.05, 0.1) is 6.17 Å². The zero-order valence-electron chi connectivity index (χ0n) is 11.3. The summed E-state index contributed by atoms with van der Waals surface area (Å²) in [6, 6.07) is 8.11. The molecule has 2 rings (SSSR count). The van der Waals surface area contributed by atoms with Crippen molar-refractivity contribution in [3.63, 3.8) is 0 Å². The van der Waals surface area contributed by atoms with Crippen LogP contribution in [0.3, 0.4) is 0 Å². The van der Waals surface area contributed by atoms with Crippen LogP contribution in [0.25, 0.3) is 0 Å². The minimum Gasteiger partial charge on any atom is -0.316 e. The zero-order chi connectivity index (χ0) is 14.9. The first-order valence-corrected chi connectivity index (χ1v) is 6.48. The van der Waals surface area contributed by atoms with Crippen LogP contribution in [0.15, 0.2) is 30.3 Å². The van der Waals surface area contributed by atoms with Crippen molar-refractivity contribution >= 4 is 5.91 Å². The molecule has 1 fully saturated rings. The second-order valence-corrected chi connectivity index (χ2v) is 5.28. The van der Waals surface area contributed by atoms with Gasteiger partial charge in [-0.2, -0.15) is 13.2 Å². The van der Waals surface area contributed by atoms with Crippen molar-refractivity contribution in [2.45, 2.75) is 32.2 Å². The molecule has 0 aromatic heterocycles. The van der Waals surface area contributed by atoms with Crippen molar-refractivity contribution in [2.75, 3.05) is 6.54 Å². The number of hydrogen-bond donors (Lipinski definition) is 1. The number of halogens is 3. The Labute approximate surface area is 115 Å². The Morgan fingerprint density at radius 1 is 1.25 bits per heavy atom. The molecule has 2 unspecified atom stereocenters. The molecule has 20 heavy (non-hydrogen) atoms. The van der Waals surface area contributed by atoms with Gasteiger partial charge in [-0.15, -0.1) is 0 Å². The quantitative estimate of drug-likeness (QED) is 0.926. The first-order chi connectivity index (χ1) is 9.29. The first kappa shape index (κ1) is 14.8. The number of rotatable bonds is 3. The number of hydrogen-bond acceptors (Lipinski definition) is 2. The molecule has 0 saturated carbocycles. The van der Waals surface area contributed by atoms with Gasteiger partial charge < -0.3 is 4.90 Å². The average Bonchev–Trinajstić information content (AvgIpc) is 2.67. The molecular formula is C14H17F3N2O. The van der Waals surface area contributed by atoms with Gasteiger partial charge in [-0.05, 0) is 11.5 Å². The molecule has 0 spiro atoms. The van der Waals surface area contributed by atoms with Crippen LogP contribution >= 0.6 is 0 Å². The van der Waals surface area contributed by atoms with Gasteiger partial charge in [-0.25, -0.2) is 0 Å². The minimum absolute atomic E-state index is 0.102. The van der Waals surface area contributed by atoms with Crippen LogP contribution in [0.5, 0.6) is 0 Å². The number of nitrogens with zero attached hydrogens (tertiary/aromatic N) is 1. The molecule has 110 valence electrons. The molecule has 1 aromatic carbocycles. The molecule has 1 aromatic rings. The maximum atomic E-state index is 12.6. The molecule has 1 aliphatic rings. The summed E-state index contributed by atoms with van der Waals surface area (Å²) in [7, 11) is 0. The number of nitrogens with one attached hydrogen (secondary N) is 1. The molecule has 3 nitrogen and oxygen atoms in total. The van der Waals surface area contributed by atoms with E-state index in [1.54, 1.807) is 44.2 Å². The average molecular weight is 286 g/mol. The predicted molar refractivity (Wildman–Crippen MR) is 68.7 cm³/mol. The maximum absolute atomic E-state index is 12.6. The van der Waals surface area contributed by atoms with Crippen molar-refractivity contribution in [2.24, 2.45) is 5.92 Å². The highest BCUT2D eigenvalue weighted by molar-refractivity contribution is 5.85. The van der Waals surface area contributed by atoms with Gasteiger partial charge in [0, 0.05) is 0 Å². The summed E-state index contributed by atoms with van der Waals surface area (Å²) >= 11 is 0. The highest BCUT2D eigenvalue weighted by Crippen LogP contribution is 2.30. The molecule has 0 aliphatic carbocycles. The van der Waals surface area contributed by atoms with Crippen LogP contribution in [0, 0.1) is 5.92 Å². The van der Waals surface area contributed by atoms with Crippen LogP contribution in [-0.4, -0.2) is 29.7 Å². The van der Waals surface area contributed by atoms with Crippen molar-refractivity contribution in [1.82, 2.24) is 10.2 Å². The fourth-order valence-electron chi connectivity index (χ4n) is 2.44. The SMILES string of the molecule is CC(C)C1NC(c2ccccc2)C(=O)N1CC(F)(F)F. The smallest absolute Gasteiger partial charge is 0.316 e. The Morgan fingerprint density at radius 2 is 1.85 bits per heavy atom. The summed E-state index contributed by atoms with van der Waals surface area (Å²) in [5.41, 5.74) is 0.688. The summed E-state index contributed by atoms with van der Waals surface area (Å²) in [6.07, 6.45) is -5.00. The lowest BCUT2D eigenvalue weighted by Gasteiger charge is -2.27. The van der Waals surface area contributed by atoms with Crippen LogP contribution in [0.4, 0.5) is 13.2 Å². The van der Waals surface area contributed by atoms with Gasteiger partial charge in [0.25, 0.3) is 0 Å². The van der Waals surface area contributed by atoms with Crippen LogP contribution in [0.1, 0.15) is 25.5 Å². The molecule has 0 radical (unpaired) electrons. The van der Waals surface area contributed by atoms with Crippen LogP contribution < -0.4 is 5.32 Å². The predicted octanol–water partition coefficient (Wildman–Crippen LogP) is 2.70. The highest BCUT2D eigenvalue weighted by atomic mass is 19.4. The summed E-state index contributed by atoms with van der Waals surface area (Å²) in [5.74, 6) is -0.623. The van der Waals surface area contributed by atoms with Crippen molar-refractivity contribution in [1.29, 1.82) is 0 Å². The standard InChI is InChI=1S/C14H17F3N2O/c1-9(2)12-18-11(10-6-4-3-5-7-10)13(20)19(12)8-14(15,16)17/h3-7,9,11-12,18H,8H2,1-2H3. The van der Waals surface area contributed by atoms with Gasteiger partial charge >= 0.3 is 6.18 Å². The van der Waals surface area contributed by atoms with Crippen molar-refractivity contribution in [3.05, 3.63) is 35.9 Å². The fraction of sp³-hybridized carbons (Fsp3) is 0.500. The molecule has 6 heteroatoms. The largest absolute Gasteiger partial charge is 0.406 e. The third-order valence-corrected chi connectivity index (χ3v) is 3.32. The second-order valence-electron chi connectivity index (χ2n) is 5.28. The molecule has 2 atom stereocenters. The lowest BCUT2D eigenvalue weighted by molar-refractivity contribution is -0.162. The topological polar surface area (TPSA) is 32.3 Å². The zero-order valence-corrected chi connectivity index (χ0v) is 11.3. The van der Waals surface area contributed by atoms with Crippen molar-refractivity contribution < 1.29 is 18.0 Å². The second kappa shape index (κ2) is 5.44. The monoisotopic (exact) mass is 286 g/mol. The van der Waals surface area contributed by atoms with Gasteiger partial charge in [0.15, 0.2) is 0 Å². The van der Waals surface area contributed by atoms with Gasteiger partial charge in [0.2, 0.25) is 5.91 Å². The molecule has 1 N–H and O–H groups in total. The Morgan fingerprint density at radius 3 is 2.35 bits per heavy atom. The number of amides is 1. The van der Waals surface area contributed by atoms with Crippen LogP contribution in [-0.2, 0) is 4.79 Å². The van der Waals surface area contributed by atoms with E-state index in [9.17, 15) is 18.0 Å². The van der Waals surface area contributed by atoms with E-state index in [4.69, 9.17) is 0 Å². The Hall–Kier alpha value is -1.56. The molecule has 1 amide bonds. The first-order valence-electron chi connectivity index (χ1n) is 6.48. The minimum atomic E-state index is -4.39. The Bertz CT molecular complexity index is 473. The number of alkyl halides is 3. The van der Waals surface area contributed by atoms with E-state index in [0.29, 0.717) is 5.56 Å². The highest BCUT2D eigenvalue weighted by Gasteiger charge is 2.45. The molecule has 1 heterocycles. The Kier molecular flexibility index (Phi) is 4.04. The maximum Gasteiger partial charge on any atom is 0.406 e. The lowest BCUT2D eigenvalue weighted by Crippen LogP contribution is -2.45. The number of benzene rings is 1. The van der Waals surface area contributed by atoms with E-state index in [-0.39, 0.29) is 5.92 Å². The third-order valence-electron chi connectivity index (χ3n) is 3.32. The summed E-state index contributed by atoms with van der Waals surface area (Å²) < 4.78 is 37.9. The Balaban J connectivity index is 2.25. The van der Waals surface area contributed by atoms with Gasteiger partial charge in [-0.1, -0.05) is 44.2 Å². The van der Waals surface area contributed by atoms with E-state index < -0.39 is 30.8 Å². The van der Waals surface area contributed by atoms with Crippen molar-refractivity contribution in [3.8, 4) is 0 Å². The third kappa shape index (κ3) is 3.12. The van der Waals surface area contributed by atoms with Crippen LogP contribution in [0.2, 0.25) is 0 Å². The van der Waals surface area contributed by atoms with Gasteiger partial charge in [-0.3, -0.25) is 10.1 Å². The molecule has 0 bridgehead atoms. The summed E-state index contributed by atoms with van der Waals surface area (Å²) in [5, 5.41) is 3.01. The number of carbonyl (C=O) groups is 1. The normalized spacial score (nSPS) is 23.7. The molecular weight excluding hydrogens is 269 g/mol. The van der Waals surface area contributed by atoms with E-state index in [1.807, 2.05) is 0 Å². The van der Waals surface area contributed by atoms with Gasteiger partial charge in [0.1, 0.15) is 12.6 Å². The summed E-state index contributed by atoms with van der Waals surface area (Å²) in [6.45, 7) is 2.37. The van der Waals surface area contributed by atoms with E-state index in [1.165, 1.54) is 0 Å². The fourth-order valence-corrected chi connectivity index (χ4v) is 2.44. The molecule has 1 aliphatic heterocycles. The number of carbonyl (C=O) groups excluding carboxylic acids is 1.